The van der Waals surface area contributed by atoms with Gasteiger partial charge in [-0.1, -0.05) is 0 Å². The summed E-state index contributed by atoms with van der Waals surface area (Å²) in [6.45, 7) is 0. The van der Waals surface area contributed by atoms with Gasteiger partial charge in [-0.05, 0) is 45.6 Å². The second-order valence-electron chi connectivity index (χ2n) is 3.28. The number of carbonyl (C=O) groups excluding carboxylic acids is 1. The number of hydrogen-bond acceptors (Lipinski definition) is 3. The molecule has 1 amide bonds. The SMILES string of the molecule is Nc1ccsc1C(=O)Nc1ccc(F)cc1Br. The largest absolute Gasteiger partial charge is 0.397 e. The molecule has 0 saturated carbocycles. The van der Waals surface area contributed by atoms with Crippen LogP contribution in [0.1, 0.15) is 9.67 Å². The van der Waals surface area contributed by atoms with Crippen LogP contribution in [0.3, 0.4) is 0 Å². The molecule has 0 bridgehead atoms. The third-order valence-electron chi connectivity index (χ3n) is 2.08. The molecule has 0 aliphatic heterocycles. The van der Waals surface area contributed by atoms with Crippen molar-refractivity contribution >= 4 is 44.5 Å². The molecule has 0 spiro atoms. The van der Waals surface area contributed by atoms with Crippen molar-refractivity contribution in [1.29, 1.82) is 0 Å². The topological polar surface area (TPSA) is 55.1 Å². The Hall–Kier alpha value is -1.40. The summed E-state index contributed by atoms with van der Waals surface area (Å²) in [5.41, 5.74) is 6.57. The molecule has 2 rings (SSSR count). The molecule has 3 nitrogen and oxygen atoms in total. The molecular formula is C11H8BrFN2OS. The molecule has 0 atom stereocenters. The third kappa shape index (κ3) is 2.65. The fourth-order valence-corrected chi connectivity index (χ4v) is 2.44. The van der Waals surface area contributed by atoms with Gasteiger partial charge < -0.3 is 11.1 Å². The number of thiophene rings is 1. The molecule has 0 saturated heterocycles. The van der Waals surface area contributed by atoms with E-state index in [2.05, 4.69) is 21.2 Å². The predicted molar refractivity (Wildman–Crippen MR) is 70.8 cm³/mol. The molecule has 3 N–H and O–H groups in total. The Labute approximate surface area is 110 Å². The Morgan fingerprint density at radius 2 is 2.18 bits per heavy atom. The highest BCUT2D eigenvalue weighted by Gasteiger charge is 2.12. The van der Waals surface area contributed by atoms with Gasteiger partial charge in [-0.25, -0.2) is 4.39 Å². The van der Waals surface area contributed by atoms with Crippen molar-refractivity contribution in [3.8, 4) is 0 Å². The van der Waals surface area contributed by atoms with Crippen LogP contribution in [0.25, 0.3) is 0 Å². The molecule has 17 heavy (non-hydrogen) atoms. The predicted octanol–water partition coefficient (Wildman–Crippen LogP) is 3.48. The van der Waals surface area contributed by atoms with Crippen LogP contribution in [0, 0.1) is 5.82 Å². The minimum atomic E-state index is -0.370. The number of nitrogens with two attached hydrogens (primary N) is 1. The van der Waals surface area contributed by atoms with E-state index in [1.807, 2.05) is 0 Å². The first kappa shape index (κ1) is 12.1. The Morgan fingerprint density at radius 3 is 2.76 bits per heavy atom. The van der Waals surface area contributed by atoms with Crippen molar-refractivity contribution < 1.29 is 9.18 Å². The smallest absolute Gasteiger partial charge is 0.267 e. The van der Waals surface area contributed by atoms with Crippen LogP contribution in [0.15, 0.2) is 34.1 Å². The van der Waals surface area contributed by atoms with E-state index < -0.39 is 0 Å². The van der Waals surface area contributed by atoms with Crippen molar-refractivity contribution in [2.75, 3.05) is 11.1 Å². The molecule has 88 valence electrons. The molecule has 2 aromatic rings. The van der Waals surface area contributed by atoms with E-state index >= 15 is 0 Å². The molecular weight excluding hydrogens is 307 g/mol. The second-order valence-corrected chi connectivity index (χ2v) is 5.05. The normalized spacial score (nSPS) is 10.2. The van der Waals surface area contributed by atoms with Gasteiger partial charge in [0.2, 0.25) is 0 Å². The minimum absolute atomic E-state index is 0.301. The van der Waals surface area contributed by atoms with E-state index in [4.69, 9.17) is 5.73 Å². The maximum atomic E-state index is 12.9. The van der Waals surface area contributed by atoms with Crippen molar-refractivity contribution in [3.05, 3.63) is 44.8 Å². The van der Waals surface area contributed by atoms with Crippen LogP contribution in [0.5, 0.6) is 0 Å². The number of rotatable bonds is 2. The van der Waals surface area contributed by atoms with Crippen LogP contribution in [0.2, 0.25) is 0 Å². The van der Waals surface area contributed by atoms with E-state index in [1.54, 1.807) is 11.4 Å². The molecule has 0 aliphatic carbocycles. The fourth-order valence-electron chi connectivity index (χ4n) is 1.27. The number of hydrogen-bond donors (Lipinski definition) is 2. The zero-order chi connectivity index (χ0) is 12.4. The van der Waals surface area contributed by atoms with Gasteiger partial charge in [-0.3, -0.25) is 4.79 Å². The number of carbonyl (C=O) groups is 1. The quantitative estimate of drug-likeness (QED) is 0.891. The lowest BCUT2D eigenvalue weighted by Gasteiger charge is -2.06. The maximum absolute atomic E-state index is 12.9. The highest BCUT2D eigenvalue weighted by atomic mass is 79.9. The van der Waals surface area contributed by atoms with Gasteiger partial charge >= 0.3 is 0 Å². The molecule has 1 aromatic heterocycles. The minimum Gasteiger partial charge on any atom is -0.397 e. The van der Waals surface area contributed by atoms with Crippen molar-refractivity contribution in [3.63, 3.8) is 0 Å². The summed E-state index contributed by atoms with van der Waals surface area (Å²) >= 11 is 4.43. The molecule has 1 aromatic carbocycles. The van der Waals surface area contributed by atoms with Crippen LogP contribution in [-0.2, 0) is 0 Å². The average Bonchev–Trinajstić information content (AvgIpc) is 2.68. The average molecular weight is 315 g/mol. The lowest BCUT2D eigenvalue weighted by molar-refractivity contribution is 0.103. The molecule has 1 heterocycles. The number of halogens is 2. The zero-order valence-electron chi connectivity index (χ0n) is 8.54. The summed E-state index contributed by atoms with van der Waals surface area (Å²) in [7, 11) is 0. The molecule has 0 aliphatic rings. The molecule has 0 radical (unpaired) electrons. The first-order valence-corrected chi connectivity index (χ1v) is 6.34. The molecule has 0 unspecified atom stereocenters. The molecule has 6 heteroatoms. The first-order chi connectivity index (χ1) is 8.08. The number of amides is 1. The summed E-state index contributed by atoms with van der Waals surface area (Å²) in [4.78, 5) is 12.3. The van der Waals surface area contributed by atoms with Crippen LogP contribution in [-0.4, -0.2) is 5.91 Å². The standard InChI is InChI=1S/C11H8BrFN2OS/c12-7-5-6(13)1-2-9(7)15-11(16)10-8(14)3-4-17-10/h1-5H,14H2,(H,15,16). The number of nitrogens with one attached hydrogen (secondary N) is 1. The van der Waals surface area contributed by atoms with E-state index in [1.165, 1.54) is 29.5 Å². The highest BCUT2D eigenvalue weighted by Crippen LogP contribution is 2.25. The van der Waals surface area contributed by atoms with Gasteiger partial charge in [-0.15, -0.1) is 11.3 Å². The maximum Gasteiger partial charge on any atom is 0.267 e. The van der Waals surface area contributed by atoms with Crippen LogP contribution >= 0.6 is 27.3 Å². The third-order valence-corrected chi connectivity index (χ3v) is 3.67. The Morgan fingerprint density at radius 1 is 1.41 bits per heavy atom. The van der Waals surface area contributed by atoms with Crippen molar-refractivity contribution in [2.24, 2.45) is 0 Å². The number of benzene rings is 1. The van der Waals surface area contributed by atoms with E-state index in [9.17, 15) is 9.18 Å². The fraction of sp³-hybridized carbons (Fsp3) is 0. The van der Waals surface area contributed by atoms with E-state index in [-0.39, 0.29) is 11.7 Å². The monoisotopic (exact) mass is 314 g/mol. The van der Waals surface area contributed by atoms with E-state index in [0.29, 0.717) is 20.7 Å². The Balaban J connectivity index is 2.22. The number of nitrogen functional groups attached to an aromatic ring is 1. The van der Waals surface area contributed by atoms with Gasteiger partial charge in [0, 0.05) is 4.47 Å². The zero-order valence-corrected chi connectivity index (χ0v) is 10.9. The first-order valence-electron chi connectivity index (χ1n) is 4.67. The summed E-state index contributed by atoms with van der Waals surface area (Å²) < 4.78 is 13.3. The summed E-state index contributed by atoms with van der Waals surface area (Å²) in [5.74, 6) is -0.671. The van der Waals surface area contributed by atoms with Crippen LogP contribution in [0.4, 0.5) is 15.8 Å². The summed E-state index contributed by atoms with van der Waals surface area (Å²) in [5, 5.41) is 4.40. The molecule has 0 fully saturated rings. The van der Waals surface area contributed by atoms with Gasteiger partial charge in [0.05, 0.1) is 11.4 Å². The lowest BCUT2D eigenvalue weighted by atomic mass is 10.3. The van der Waals surface area contributed by atoms with Crippen molar-refractivity contribution in [2.45, 2.75) is 0 Å². The summed E-state index contributed by atoms with van der Waals surface area (Å²) in [6.07, 6.45) is 0. The number of anilines is 2. The van der Waals surface area contributed by atoms with Gasteiger partial charge in [0.25, 0.3) is 5.91 Å². The second kappa shape index (κ2) is 4.85. The van der Waals surface area contributed by atoms with E-state index in [0.717, 1.165) is 0 Å². The Kier molecular flexibility index (Phi) is 3.44. The van der Waals surface area contributed by atoms with Gasteiger partial charge in [-0.2, -0.15) is 0 Å². The lowest BCUT2D eigenvalue weighted by Crippen LogP contribution is -2.12. The summed E-state index contributed by atoms with van der Waals surface area (Å²) in [6, 6.07) is 5.71. The van der Waals surface area contributed by atoms with Crippen molar-refractivity contribution in [1.82, 2.24) is 0 Å². The Bertz CT molecular complexity index is 570. The van der Waals surface area contributed by atoms with Gasteiger partial charge in [0.1, 0.15) is 10.7 Å². The van der Waals surface area contributed by atoms with Gasteiger partial charge in [0.15, 0.2) is 0 Å². The highest BCUT2D eigenvalue weighted by molar-refractivity contribution is 9.10. The van der Waals surface area contributed by atoms with Crippen LogP contribution < -0.4 is 11.1 Å².